The highest BCUT2D eigenvalue weighted by molar-refractivity contribution is 6.71. The molecule has 0 unspecified atom stereocenters. The monoisotopic (exact) mass is 158 g/mol. The molecule has 0 aliphatic heterocycles. The van der Waals surface area contributed by atoms with Crippen LogP contribution in [0.2, 0.25) is 19.1 Å². The molecule has 0 aromatic rings. The Kier molecular flexibility index (Phi) is 4.65. The second-order valence-corrected chi connectivity index (χ2v) is 7.38. The zero-order chi connectivity index (χ0) is 8.04. The largest absolute Gasteiger partial charge is 0.420 e. The van der Waals surface area contributed by atoms with Crippen molar-refractivity contribution in [3.8, 4) is 0 Å². The molecule has 0 spiro atoms. The molecule has 0 aliphatic carbocycles. The average Bonchev–Trinajstić information content (AvgIpc) is 1.89. The van der Waals surface area contributed by atoms with Gasteiger partial charge in [0.25, 0.3) is 0 Å². The Labute approximate surface area is 65.2 Å². The molecule has 0 bridgehead atoms. The Balaban J connectivity index is 3.56. The van der Waals surface area contributed by atoms with Gasteiger partial charge < -0.3 is 4.43 Å². The normalized spacial score (nSPS) is 12.8. The van der Waals surface area contributed by atoms with Gasteiger partial charge >= 0.3 is 0 Å². The molecule has 0 saturated heterocycles. The molecule has 0 aromatic heterocycles. The maximum absolute atomic E-state index is 5.37. The summed E-state index contributed by atoms with van der Waals surface area (Å²) in [7, 11) is 0.510. The predicted octanol–water partition coefficient (Wildman–Crippen LogP) is 2.80. The van der Waals surface area contributed by atoms with E-state index in [9.17, 15) is 0 Å². The number of hydrogen-bond acceptors (Lipinski definition) is 1. The van der Waals surface area contributed by atoms with Crippen LogP contribution >= 0.6 is 0 Å². The van der Waals surface area contributed by atoms with Crippen LogP contribution in [0.4, 0.5) is 0 Å². The highest BCUT2D eigenvalue weighted by Gasteiger charge is 2.17. The Morgan fingerprint density at radius 2 is 1.90 bits per heavy atom. The molecule has 0 radical (unpaired) electrons. The highest BCUT2D eigenvalue weighted by atomic mass is 28.4. The van der Waals surface area contributed by atoms with Gasteiger partial charge in [-0.15, -0.1) is 0 Å². The Morgan fingerprint density at radius 1 is 1.30 bits per heavy atom. The highest BCUT2D eigenvalue weighted by Crippen LogP contribution is 2.09. The average molecular weight is 158 g/mol. The van der Waals surface area contributed by atoms with E-state index >= 15 is 0 Å². The van der Waals surface area contributed by atoms with Crippen molar-refractivity contribution in [2.75, 3.05) is 7.11 Å². The molecule has 60 valence electrons. The van der Waals surface area contributed by atoms with E-state index in [1.54, 1.807) is 0 Å². The molecular weight excluding hydrogens is 140 g/mol. The first-order valence-corrected chi connectivity index (χ1v) is 6.94. The first-order chi connectivity index (χ1) is 4.62. The van der Waals surface area contributed by atoms with E-state index in [1.807, 2.05) is 7.11 Å². The summed E-state index contributed by atoms with van der Waals surface area (Å²) in [5, 5.41) is 0. The van der Waals surface area contributed by atoms with E-state index in [1.165, 1.54) is 0 Å². The van der Waals surface area contributed by atoms with Gasteiger partial charge in [-0.2, -0.15) is 0 Å². The van der Waals surface area contributed by atoms with Crippen molar-refractivity contribution in [2.24, 2.45) is 0 Å². The van der Waals surface area contributed by atoms with Crippen molar-refractivity contribution in [3.63, 3.8) is 0 Å². The predicted molar refractivity (Wildman–Crippen MR) is 48.7 cm³/mol. The number of allylic oxidation sites excluding steroid dienone is 2. The van der Waals surface area contributed by atoms with Crippen LogP contribution in [-0.2, 0) is 4.43 Å². The minimum Gasteiger partial charge on any atom is -0.420 e. The summed E-state index contributed by atoms with van der Waals surface area (Å²) in [5.74, 6) is 0. The van der Waals surface area contributed by atoms with Crippen LogP contribution in [0.3, 0.4) is 0 Å². The van der Waals surface area contributed by atoms with Crippen LogP contribution in [0.1, 0.15) is 13.3 Å². The topological polar surface area (TPSA) is 9.23 Å². The zero-order valence-corrected chi connectivity index (χ0v) is 8.48. The van der Waals surface area contributed by atoms with Crippen molar-refractivity contribution in [1.82, 2.24) is 0 Å². The number of rotatable bonds is 4. The summed E-state index contributed by atoms with van der Waals surface area (Å²) in [6.07, 6.45) is 5.57. The molecule has 0 atom stereocenters. The van der Waals surface area contributed by atoms with Crippen LogP contribution in [0, 0.1) is 0 Å². The summed E-state index contributed by atoms with van der Waals surface area (Å²) < 4.78 is 5.37. The van der Waals surface area contributed by atoms with Crippen LogP contribution < -0.4 is 0 Å². The van der Waals surface area contributed by atoms with Crippen molar-refractivity contribution in [1.29, 1.82) is 0 Å². The molecule has 0 saturated carbocycles. The first kappa shape index (κ1) is 9.92. The lowest BCUT2D eigenvalue weighted by atomic mass is 10.4. The van der Waals surface area contributed by atoms with E-state index in [4.69, 9.17) is 4.43 Å². The second kappa shape index (κ2) is 4.69. The molecule has 0 N–H and O–H groups in total. The second-order valence-electron chi connectivity index (χ2n) is 3.05. The van der Waals surface area contributed by atoms with Crippen molar-refractivity contribution < 1.29 is 4.43 Å². The lowest BCUT2D eigenvalue weighted by Crippen LogP contribution is -2.26. The summed E-state index contributed by atoms with van der Waals surface area (Å²) >= 11 is 0. The molecule has 0 amide bonds. The Hall–Kier alpha value is -0.0831. The fourth-order valence-corrected chi connectivity index (χ4v) is 1.52. The lowest BCUT2D eigenvalue weighted by molar-refractivity contribution is 0.407. The summed E-state index contributed by atoms with van der Waals surface area (Å²) in [5.41, 5.74) is 0. The maximum Gasteiger partial charge on any atom is 0.189 e. The molecule has 0 heterocycles. The standard InChI is InChI=1S/C8H18OSi/c1-5-6-7-8-10(3,4)9-2/h6-7H,5,8H2,1-4H3. The van der Waals surface area contributed by atoms with E-state index in [0.717, 1.165) is 12.5 Å². The van der Waals surface area contributed by atoms with Gasteiger partial charge in [0.2, 0.25) is 0 Å². The van der Waals surface area contributed by atoms with Gasteiger partial charge in [-0.3, -0.25) is 0 Å². The van der Waals surface area contributed by atoms with Gasteiger partial charge in [-0.25, -0.2) is 0 Å². The van der Waals surface area contributed by atoms with Gasteiger partial charge in [0.05, 0.1) is 0 Å². The Morgan fingerprint density at radius 3 is 2.30 bits per heavy atom. The van der Waals surface area contributed by atoms with Crippen molar-refractivity contribution in [3.05, 3.63) is 12.2 Å². The van der Waals surface area contributed by atoms with E-state index in [2.05, 4.69) is 32.2 Å². The summed E-state index contributed by atoms with van der Waals surface area (Å²) in [6, 6.07) is 1.14. The third-order valence-corrected chi connectivity index (χ3v) is 3.89. The molecule has 1 nitrogen and oxygen atoms in total. The molecule has 0 fully saturated rings. The van der Waals surface area contributed by atoms with Crippen molar-refractivity contribution in [2.45, 2.75) is 32.5 Å². The fraction of sp³-hybridized carbons (Fsp3) is 0.750. The molecule has 2 heteroatoms. The van der Waals surface area contributed by atoms with Gasteiger partial charge in [0, 0.05) is 7.11 Å². The van der Waals surface area contributed by atoms with Crippen LogP contribution in [0.5, 0.6) is 0 Å². The van der Waals surface area contributed by atoms with Gasteiger partial charge in [0.15, 0.2) is 8.32 Å². The van der Waals surface area contributed by atoms with Crippen LogP contribution in [-0.4, -0.2) is 15.4 Å². The zero-order valence-electron chi connectivity index (χ0n) is 7.48. The third-order valence-electron chi connectivity index (χ3n) is 1.56. The molecule has 0 rings (SSSR count). The lowest BCUT2D eigenvalue weighted by Gasteiger charge is -2.16. The van der Waals surface area contributed by atoms with Gasteiger partial charge in [-0.05, 0) is 25.6 Å². The molecule has 0 aromatic carbocycles. The molecule has 10 heavy (non-hydrogen) atoms. The molecule has 0 aliphatic rings. The number of hydrogen-bond donors (Lipinski definition) is 0. The summed E-state index contributed by atoms with van der Waals surface area (Å²) in [6.45, 7) is 6.61. The minimum absolute atomic E-state index is 1.13. The smallest absolute Gasteiger partial charge is 0.189 e. The molecular formula is C8H18OSi. The minimum atomic E-state index is -1.30. The van der Waals surface area contributed by atoms with E-state index in [0.29, 0.717) is 0 Å². The quantitative estimate of drug-likeness (QED) is 0.451. The van der Waals surface area contributed by atoms with Crippen LogP contribution in [0.15, 0.2) is 12.2 Å². The van der Waals surface area contributed by atoms with Crippen molar-refractivity contribution >= 4 is 8.32 Å². The van der Waals surface area contributed by atoms with Crippen LogP contribution in [0.25, 0.3) is 0 Å². The van der Waals surface area contributed by atoms with E-state index in [-0.39, 0.29) is 0 Å². The first-order valence-electron chi connectivity index (χ1n) is 3.82. The SMILES string of the molecule is CCC=CC[Si](C)(C)OC. The van der Waals surface area contributed by atoms with E-state index < -0.39 is 8.32 Å². The fourth-order valence-electron chi connectivity index (χ4n) is 0.617. The van der Waals surface area contributed by atoms with Gasteiger partial charge in [0.1, 0.15) is 0 Å². The van der Waals surface area contributed by atoms with Gasteiger partial charge in [-0.1, -0.05) is 19.1 Å². The summed E-state index contributed by atoms with van der Waals surface area (Å²) in [4.78, 5) is 0. The maximum atomic E-state index is 5.37. The third kappa shape index (κ3) is 4.76. The Bertz CT molecular complexity index is 108.